The topological polar surface area (TPSA) is 97.4 Å². The van der Waals surface area contributed by atoms with E-state index in [1.165, 1.54) is 6.07 Å². The number of hydrazone groups is 1. The minimum absolute atomic E-state index is 0.125. The Kier molecular flexibility index (Phi) is 3.76. The van der Waals surface area contributed by atoms with E-state index in [1.54, 1.807) is 31.3 Å². The normalized spacial score (nSPS) is 11.3. The van der Waals surface area contributed by atoms with E-state index in [4.69, 9.17) is 0 Å². The maximum absolute atomic E-state index is 11.6. The lowest BCUT2D eigenvalue weighted by atomic mass is 10.3. The van der Waals surface area contributed by atoms with Crippen molar-refractivity contribution in [3.8, 4) is 0 Å². The number of hydrogen-bond acceptors (Lipinski definition) is 5. The van der Waals surface area contributed by atoms with Gasteiger partial charge < -0.3 is 14.9 Å². The Hall–Kier alpha value is -2.41. The van der Waals surface area contributed by atoms with Gasteiger partial charge in [0, 0.05) is 6.20 Å². The smallest absolute Gasteiger partial charge is 0.287 e. The van der Waals surface area contributed by atoms with Gasteiger partial charge in [-0.3, -0.25) is 4.79 Å². The molecule has 0 fully saturated rings. The Balaban J connectivity index is 2.06. The number of carbonyl (C=O) groups is 2. The largest absolute Gasteiger partial charge is 0.544 e. The fourth-order valence-electron chi connectivity index (χ4n) is 1.36. The second-order valence-electron chi connectivity index (χ2n) is 3.67. The molecule has 0 saturated heterocycles. The molecule has 19 heavy (non-hydrogen) atoms. The summed E-state index contributed by atoms with van der Waals surface area (Å²) in [6.07, 6.45) is 1.64. The molecular weight excluding hydrogens is 266 g/mol. The highest BCUT2D eigenvalue weighted by molar-refractivity contribution is 7.15. The predicted molar refractivity (Wildman–Crippen MR) is 69.1 cm³/mol. The summed E-state index contributed by atoms with van der Waals surface area (Å²) in [6, 6.07) is 6.40. The molecule has 0 spiro atoms. The van der Waals surface area contributed by atoms with Crippen LogP contribution in [-0.4, -0.2) is 22.6 Å². The van der Waals surface area contributed by atoms with E-state index in [9.17, 15) is 14.7 Å². The summed E-state index contributed by atoms with van der Waals surface area (Å²) in [7, 11) is 0. The third-order valence-corrected chi connectivity index (χ3v) is 3.51. The highest BCUT2D eigenvalue weighted by Crippen LogP contribution is 2.16. The molecule has 0 bridgehead atoms. The molecule has 6 nitrogen and oxygen atoms in total. The van der Waals surface area contributed by atoms with Gasteiger partial charge >= 0.3 is 0 Å². The number of H-pyrrole nitrogens is 1. The Morgan fingerprint density at radius 2 is 2.05 bits per heavy atom. The van der Waals surface area contributed by atoms with Crippen molar-refractivity contribution in [2.75, 3.05) is 0 Å². The number of thiophene rings is 1. The molecule has 2 N–H and O–H groups in total. The third-order valence-electron chi connectivity index (χ3n) is 2.33. The molecule has 0 saturated carbocycles. The number of aromatic amines is 1. The summed E-state index contributed by atoms with van der Waals surface area (Å²) in [5.41, 5.74) is 3.31. The first-order valence-electron chi connectivity index (χ1n) is 5.37. The maximum Gasteiger partial charge on any atom is 0.287 e. The average Bonchev–Trinajstić information content (AvgIpc) is 3.05. The van der Waals surface area contributed by atoms with Crippen LogP contribution in [-0.2, 0) is 0 Å². The molecule has 0 unspecified atom stereocenters. The lowest BCUT2D eigenvalue weighted by molar-refractivity contribution is -0.254. The van der Waals surface area contributed by atoms with Gasteiger partial charge in [0.1, 0.15) is 5.69 Å². The number of nitrogens with zero attached hydrogens (tertiary/aromatic N) is 1. The number of nitrogens with one attached hydrogen (secondary N) is 2. The number of hydrogen-bond donors (Lipinski definition) is 2. The number of aromatic carboxylic acids is 1. The number of carbonyl (C=O) groups excluding carboxylic acids is 2. The SMILES string of the molecule is C/C(=N/NC(=O)c1ccc[nH]1)c1ccc(C(=O)[O-])s1. The summed E-state index contributed by atoms with van der Waals surface area (Å²) in [4.78, 5) is 25.8. The van der Waals surface area contributed by atoms with Crippen molar-refractivity contribution in [1.29, 1.82) is 0 Å². The average molecular weight is 276 g/mol. The fraction of sp³-hybridized carbons (Fsp3) is 0.0833. The van der Waals surface area contributed by atoms with Crippen LogP contribution in [0.15, 0.2) is 35.6 Å². The minimum Gasteiger partial charge on any atom is -0.544 e. The molecule has 0 aliphatic carbocycles. The van der Waals surface area contributed by atoms with E-state index in [2.05, 4.69) is 15.5 Å². The van der Waals surface area contributed by atoms with E-state index in [0.717, 1.165) is 11.3 Å². The first-order valence-corrected chi connectivity index (χ1v) is 6.19. The molecule has 2 heterocycles. The molecule has 0 radical (unpaired) electrons. The first kappa shape index (κ1) is 13.0. The van der Waals surface area contributed by atoms with Gasteiger partial charge in [-0.15, -0.1) is 11.3 Å². The Labute approximate surface area is 112 Å². The number of rotatable bonds is 4. The van der Waals surface area contributed by atoms with Gasteiger partial charge in [0.25, 0.3) is 5.91 Å². The van der Waals surface area contributed by atoms with Crippen molar-refractivity contribution in [2.24, 2.45) is 5.10 Å². The highest BCUT2D eigenvalue weighted by Gasteiger charge is 2.06. The molecule has 98 valence electrons. The van der Waals surface area contributed by atoms with Gasteiger partial charge in [-0.2, -0.15) is 5.10 Å². The van der Waals surface area contributed by atoms with Crippen LogP contribution >= 0.6 is 11.3 Å². The maximum atomic E-state index is 11.6. The zero-order valence-corrected chi connectivity index (χ0v) is 10.8. The van der Waals surface area contributed by atoms with Crippen molar-refractivity contribution >= 4 is 28.9 Å². The lowest BCUT2D eigenvalue weighted by Gasteiger charge is -1.99. The van der Waals surface area contributed by atoms with E-state index < -0.39 is 5.97 Å². The van der Waals surface area contributed by atoms with Crippen molar-refractivity contribution in [3.05, 3.63) is 45.9 Å². The zero-order chi connectivity index (χ0) is 13.8. The molecule has 2 aromatic heterocycles. The first-order chi connectivity index (χ1) is 9.08. The molecular formula is C12H10N3O3S-. The summed E-state index contributed by atoms with van der Waals surface area (Å²) in [5, 5.41) is 14.6. The minimum atomic E-state index is -1.22. The Morgan fingerprint density at radius 1 is 1.32 bits per heavy atom. The highest BCUT2D eigenvalue weighted by atomic mass is 32.1. The van der Waals surface area contributed by atoms with Gasteiger partial charge in [-0.25, -0.2) is 5.43 Å². The predicted octanol–water partition coefficient (Wildman–Crippen LogP) is 0.594. The monoisotopic (exact) mass is 276 g/mol. The second-order valence-corrected chi connectivity index (χ2v) is 4.76. The van der Waals surface area contributed by atoms with Crippen molar-refractivity contribution in [3.63, 3.8) is 0 Å². The summed E-state index contributed by atoms with van der Waals surface area (Å²) in [6.45, 7) is 1.68. The van der Waals surface area contributed by atoms with Crippen molar-refractivity contribution < 1.29 is 14.7 Å². The number of carboxylic acids is 1. The molecule has 0 atom stereocenters. The van der Waals surface area contributed by atoms with Crippen LogP contribution in [0.3, 0.4) is 0 Å². The number of carboxylic acid groups (broad SMARTS) is 1. The molecule has 2 rings (SSSR count). The van der Waals surface area contributed by atoms with Gasteiger partial charge in [0.2, 0.25) is 0 Å². The quantitative estimate of drug-likeness (QED) is 0.631. The number of aromatic nitrogens is 1. The molecule has 0 aromatic carbocycles. The third kappa shape index (κ3) is 3.08. The van der Waals surface area contributed by atoms with E-state index in [0.29, 0.717) is 16.3 Å². The van der Waals surface area contributed by atoms with Crippen LogP contribution in [0.1, 0.15) is 32.0 Å². The standard InChI is InChI=1S/C12H11N3O3S/c1-7(9-4-5-10(19-9)12(17)18)14-15-11(16)8-3-2-6-13-8/h2-6,13H,1H3,(H,15,16)(H,17,18)/p-1/b14-7-. The Morgan fingerprint density at radius 3 is 2.63 bits per heavy atom. The van der Waals surface area contributed by atoms with Crippen LogP contribution in [0.5, 0.6) is 0 Å². The van der Waals surface area contributed by atoms with E-state index in [-0.39, 0.29) is 10.8 Å². The molecule has 0 aliphatic heterocycles. The van der Waals surface area contributed by atoms with Crippen LogP contribution in [0, 0.1) is 0 Å². The van der Waals surface area contributed by atoms with Crippen LogP contribution in [0.2, 0.25) is 0 Å². The lowest BCUT2D eigenvalue weighted by Crippen LogP contribution is -2.20. The zero-order valence-electron chi connectivity index (χ0n) is 9.97. The van der Waals surface area contributed by atoms with Gasteiger partial charge in [0.05, 0.1) is 21.4 Å². The number of amides is 1. The summed E-state index contributed by atoms with van der Waals surface area (Å²) >= 11 is 1.05. The van der Waals surface area contributed by atoms with Crippen LogP contribution < -0.4 is 10.5 Å². The van der Waals surface area contributed by atoms with E-state index in [1.807, 2.05) is 0 Å². The van der Waals surface area contributed by atoms with Crippen molar-refractivity contribution in [2.45, 2.75) is 6.92 Å². The molecule has 0 aliphatic rings. The van der Waals surface area contributed by atoms with Crippen molar-refractivity contribution in [1.82, 2.24) is 10.4 Å². The molecule has 2 aromatic rings. The summed E-state index contributed by atoms with van der Waals surface area (Å²) in [5.74, 6) is -1.58. The molecule has 7 heteroatoms. The Bertz CT molecular complexity index is 628. The van der Waals surface area contributed by atoms with Crippen LogP contribution in [0.4, 0.5) is 0 Å². The van der Waals surface area contributed by atoms with Gasteiger partial charge in [0.15, 0.2) is 0 Å². The van der Waals surface area contributed by atoms with E-state index >= 15 is 0 Å². The molecule has 1 amide bonds. The fourth-order valence-corrected chi connectivity index (χ4v) is 2.15. The summed E-state index contributed by atoms with van der Waals surface area (Å²) < 4.78 is 0. The van der Waals surface area contributed by atoms with Crippen LogP contribution in [0.25, 0.3) is 0 Å². The van der Waals surface area contributed by atoms with Gasteiger partial charge in [-0.1, -0.05) is 0 Å². The second kappa shape index (κ2) is 5.49. The van der Waals surface area contributed by atoms with Gasteiger partial charge in [-0.05, 0) is 31.2 Å².